The molecule has 0 spiro atoms. The molecule has 1 nitrogen and oxygen atoms in total. The molecule has 0 saturated heterocycles. The van der Waals surface area contributed by atoms with E-state index < -0.39 is 0 Å². The molecule has 0 fully saturated rings. The largest absolute Gasteiger partial charge is 0.442 e. The molecule has 1 N–H and O–H groups in total. The summed E-state index contributed by atoms with van der Waals surface area (Å²) in [7, 11) is 0.306. The summed E-state index contributed by atoms with van der Waals surface area (Å²) in [4.78, 5) is 7.14. The molecule has 0 atom stereocenters. The molecule has 0 aromatic rings. The van der Waals surface area contributed by atoms with Crippen LogP contribution in [-0.2, 0) is 44.8 Å². The van der Waals surface area contributed by atoms with Crippen LogP contribution in [0.15, 0.2) is 0 Å². The van der Waals surface area contributed by atoms with Gasteiger partial charge in [-0.25, -0.2) is 0 Å². The van der Waals surface area contributed by atoms with Gasteiger partial charge in [0, 0.05) is 44.8 Å². The second kappa shape index (κ2) is 22.7. The minimum atomic E-state index is 0. The normalized spacial score (nSPS) is 2.25. The molecular formula is H4Ag2OSi. The Morgan fingerprint density at radius 2 is 1.00 bits per heavy atom. The molecule has 36 valence electrons. The topological polar surface area (TPSA) is 20.2 Å². The Morgan fingerprint density at radius 3 is 1.00 bits per heavy atom. The third-order valence-corrected chi connectivity index (χ3v) is 0. The van der Waals surface area contributed by atoms with Crippen molar-refractivity contribution in [3.05, 3.63) is 0 Å². The summed E-state index contributed by atoms with van der Waals surface area (Å²) in [5.74, 6) is 0. The van der Waals surface area contributed by atoms with Gasteiger partial charge in [-0.05, 0) is 0 Å². The van der Waals surface area contributed by atoms with E-state index >= 15 is 0 Å². The van der Waals surface area contributed by atoms with Crippen molar-refractivity contribution in [3.8, 4) is 0 Å². The van der Waals surface area contributed by atoms with Crippen molar-refractivity contribution < 1.29 is 49.6 Å². The average Bonchev–Trinajstić information content (AvgIpc) is 1.00. The van der Waals surface area contributed by atoms with Gasteiger partial charge >= 0.3 is 0 Å². The summed E-state index contributed by atoms with van der Waals surface area (Å²) in [6, 6.07) is 0. The van der Waals surface area contributed by atoms with E-state index in [9.17, 15) is 0 Å². The molecule has 0 amide bonds. The maximum absolute atomic E-state index is 7.14. The van der Waals surface area contributed by atoms with Gasteiger partial charge < -0.3 is 4.80 Å². The quantitative estimate of drug-likeness (QED) is 0.515. The molecule has 0 heterocycles. The van der Waals surface area contributed by atoms with Gasteiger partial charge in [-0.3, -0.25) is 0 Å². The van der Waals surface area contributed by atoms with Crippen LogP contribution in [0, 0.1) is 0 Å². The monoisotopic (exact) mass is 262 g/mol. The van der Waals surface area contributed by atoms with Crippen molar-refractivity contribution in [2.24, 2.45) is 0 Å². The van der Waals surface area contributed by atoms with Gasteiger partial charge in [-0.2, -0.15) is 0 Å². The molecule has 0 aliphatic heterocycles. The molecule has 0 rings (SSSR count). The molecule has 0 aromatic heterocycles. The number of rotatable bonds is 0. The second-order valence-corrected chi connectivity index (χ2v) is 0. The first-order valence-corrected chi connectivity index (χ1v) is 1.34. The van der Waals surface area contributed by atoms with Gasteiger partial charge in [0.25, 0.3) is 0 Å². The van der Waals surface area contributed by atoms with Crippen LogP contribution in [-0.4, -0.2) is 15.3 Å². The Kier molecular flexibility index (Phi) is 98.5. The van der Waals surface area contributed by atoms with E-state index in [4.69, 9.17) is 4.80 Å². The van der Waals surface area contributed by atoms with Gasteiger partial charge in [0.1, 0.15) is 10.5 Å². The first kappa shape index (κ1) is 17.4. The van der Waals surface area contributed by atoms with Gasteiger partial charge in [0.05, 0.1) is 0 Å². The van der Waals surface area contributed by atoms with E-state index in [0.717, 1.165) is 0 Å². The summed E-state index contributed by atoms with van der Waals surface area (Å²) in [5, 5.41) is 0. The van der Waals surface area contributed by atoms with Gasteiger partial charge in [0.2, 0.25) is 0 Å². The van der Waals surface area contributed by atoms with Crippen LogP contribution in [0.25, 0.3) is 0 Å². The van der Waals surface area contributed by atoms with Crippen molar-refractivity contribution in [2.75, 3.05) is 0 Å². The standard InChI is InChI=1S/2Ag.H4OSi/c;;1-2/h;;1H,2H3. The van der Waals surface area contributed by atoms with E-state index in [1.54, 1.807) is 0 Å². The Labute approximate surface area is 59.7 Å². The fraction of sp³-hybridized carbons (Fsp3) is 0. The molecule has 0 saturated carbocycles. The summed E-state index contributed by atoms with van der Waals surface area (Å²) in [6.07, 6.45) is 0. The fourth-order valence-corrected chi connectivity index (χ4v) is 0. The maximum Gasteiger partial charge on any atom is 0.141 e. The maximum atomic E-state index is 7.14. The van der Waals surface area contributed by atoms with Crippen molar-refractivity contribution in [1.82, 2.24) is 0 Å². The Balaban J connectivity index is -0.00000000500. The molecule has 0 aromatic carbocycles. The summed E-state index contributed by atoms with van der Waals surface area (Å²) < 4.78 is 0. The van der Waals surface area contributed by atoms with Crippen LogP contribution in [0.4, 0.5) is 0 Å². The first-order chi connectivity index (χ1) is 1.00. The molecule has 0 unspecified atom stereocenters. The van der Waals surface area contributed by atoms with Crippen molar-refractivity contribution >= 4 is 10.5 Å². The van der Waals surface area contributed by atoms with Gasteiger partial charge in [0.15, 0.2) is 0 Å². The summed E-state index contributed by atoms with van der Waals surface area (Å²) in [5.41, 5.74) is 0. The number of hydrogen-bond acceptors (Lipinski definition) is 1. The van der Waals surface area contributed by atoms with Crippen molar-refractivity contribution in [2.45, 2.75) is 0 Å². The van der Waals surface area contributed by atoms with E-state index in [-0.39, 0.29) is 44.8 Å². The zero-order valence-electron chi connectivity index (χ0n) is 2.05. The molecule has 0 aliphatic rings. The Bertz CT molecular complexity index is 6.00. The Hall–Kier alpha value is 1.66. The Morgan fingerprint density at radius 1 is 1.00 bits per heavy atom. The zero-order chi connectivity index (χ0) is 2.00. The SMILES string of the molecule is O[SiH3].[Ag].[Ag]. The number of hydrogen-bond donors (Lipinski definition) is 1. The first-order valence-electron chi connectivity index (χ1n) is 0.447. The van der Waals surface area contributed by atoms with E-state index in [2.05, 4.69) is 0 Å². The van der Waals surface area contributed by atoms with E-state index in [1.165, 1.54) is 0 Å². The smallest absolute Gasteiger partial charge is 0.141 e. The molecule has 4 heteroatoms. The van der Waals surface area contributed by atoms with Gasteiger partial charge in [-0.15, -0.1) is 0 Å². The van der Waals surface area contributed by atoms with Crippen LogP contribution >= 0.6 is 0 Å². The van der Waals surface area contributed by atoms with Crippen molar-refractivity contribution in [3.63, 3.8) is 0 Å². The molecule has 0 aliphatic carbocycles. The predicted octanol–water partition coefficient (Wildman–Crippen LogP) is -1.75. The van der Waals surface area contributed by atoms with Crippen molar-refractivity contribution in [1.29, 1.82) is 0 Å². The van der Waals surface area contributed by atoms with Crippen LogP contribution in [0.5, 0.6) is 0 Å². The molecule has 4 heavy (non-hydrogen) atoms. The van der Waals surface area contributed by atoms with Crippen LogP contribution in [0.1, 0.15) is 0 Å². The third kappa shape index (κ3) is 9.40. The zero-order valence-corrected chi connectivity index (χ0v) is 7.01. The molecular weight excluding hydrogens is 260 g/mol. The van der Waals surface area contributed by atoms with E-state index in [0.29, 0.717) is 10.5 Å². The second-order valence-electron chi connectivity index (χ2n) is 0. The average molecular weight is 264 g/mol. The fourth-order valence-electron chi connectivity index (χ4n) is 0. The minimum Gasteiger partial charge on any atom is -0.442 e. The van der Waals surface area contributed by atoms with E-state index in [1.807, 2.05) is 0 Å². The van der Waals surface area contributed by atoms with Gasteiger partial charge in [-0.1, -0.05) is 0 Å². The van der Waals surface area contributed by atoms with Crippen LogP contribution in [0.2, 0.25) is 0 Å². The van der Waals surface area contributed by atoms with Crippen LogP contribution < -0.4 is 0 Å². The molecule has 2 radical (unpaired) electrons. The summed E-state index contributed by atoms with van der Waals surface area (Å²) >= 11 is 0. The predicted molar refractivity (Wildman–Crippen MR) is 12.2 cm³/mol. The minimum absolute atomic E-state index is 0. The van der Waals surface area contributed by atoms with Crippen LogP contribution in [0.3, 0.4) is 0 Å². The molecule has 0 bridgehead atoms. The summed E-state index contributed by atoms with van der Waals surface area (Å²) in [6.45, 7) is 0. The third-order valence-electron chi connectivity index (χ3n) is 0.